The summed E-state index contributed by atoms with van der Waals surface area (Å²) in [7, 11) is 2.56. The molecular formula is C45H56N8O6S. The van der Waals surface area contributed by atoms with Crippen molar-refractivity contribution in [2.45, 2.75) is 72.6 Å². The van der Waals surface area contributed by atoms with E-state index in [9.17, 15) is 19.2 Å². The van der Waals surface area contributed by atoms with E-state index in [2.05, 4.69) is 98.7 Å². The normalized spacial score (nSPS) is 14.1. The Bertz CT molecular complexity index is 2300. The second-order valence-corrected chi connectivity index (χ2v) is 17.0. The second kappa shape index (κ2) is 19.0. The van der Waals surface area contributed by atoms with Crippen LogP contribution in [0.3, 0.4) is 0 Å². The lowest BCUT2D eigenvalue weighted by molar-refractivity contribution is -0.136. The van der Waals surface area contributed by atoms with Crippen molar-refractivity contribution >= 4 is 47.4 Å². The molecule has 0 saturated heterocycles. The molecule has 0 radical (unpaired) electrons. The molecule has 0 bridgehead atoms. The van der Waals surface area contributed by atoms with Crippen LogP contribution in [0.15, 0.2) is 73.1 Å². The number of rotatable bonds is 17. The number of aromatic nitrogens is 4. The number of thiol groups is 1. The Morgan fingerprint density at radius 1 is 0.700 bits per heavy atom. The van der Waals surface area contributed by atoms with Crippen molar-refractivity contribution in [3.8, 4) is 33.6 Å². The molecule has 60 heavy (non-hydrogen) atoms. The van der Waals surface area contributed by atoms with Gasteiger partial charge in [0.05, 0.1) is 51.1 Å². The van der Waals surface area contributed by atoms with Crippen molar-refractivity contribution in [2.75, 3.05) is 33.1 Å². The first-order valence-electron chi connectivity index (χ1n) is 20.3. The standard InChI is InChI=1S/C45H56N8O6S/c1-27(2)39(50-43(56)58-6)41(54)52(18-19-60)24-37-46-22-35(48-37)30-10-8-29(9-11-30)31-12-13-33-21-34(15-14-32(33)20-31)36-23-47-38(49-36)25-53(26-45(5)16-17-45)42(55)40(28(3)4)51-44(57)59-7/h8-15,20-23,27-28,39-40,60H,16-19,24-26H2,1-7H3,(H,46,48)(H,47,49)(H,50,56)(H,51,57). The minimum absolute atomic E-state index is 0.0609. The quantitative estimate of drug-likeness (QED) is 0.0601. The lowest BCUT2D eigenvalue weighted by Gasteiger charge is -2.31. The fourth-order valence-corrected chi connectivity index (χ4v) is 7.44. The Morgan fingerprint density at radius 3 is 1.65 bits per heavy atom. The molecule has 15 heteroatoms. The number of ether oxygens (including phenoxy) is 2. The molecule has 2 heterocycles. The van der Waals surface area contributed by atoms with Crippen molar-refractivity contribution in [1.82, 2.24) is 40.4 Å². The summed E-state index contributed by atoms with van der Waals surface area (Å²) in [6, 6.07) is 19.5. The predicted molar refractivity (Wildman–Crippen MR) is 235 cm³/mol. The van der Waals surface area contributed by atoms with E-state index in [0.717, 1.165) is 57.3 Å². The van der Waals surface area contributed by atoms with Crippen LogP contribution in [0.1, 0.15) is 59.1 Å². The third kappa shape index (κ3) is 10.7. The van der Waals surface area contributed by atoms with E-state index in [1.165, 1.54) is 14.2 Å². The average Bonchev–Trinajstić information content (AvgIpc) is 3.55. The first kappa shape index (κ1) is 43.7. The Morgan fingerprint density at radius 2 is 1.15 bits per heavy atom. The van der Waals surface area contributed by atoms with Gasteiger partial charge in [0.2, 0.25) is 11.8 Å². The number of benzene rings is 3. The van der Waals surface area contributed by atoms with Gasteiger partial charge in [0, 0.05) is 24.4 Å². The topological polar surface area (TPSA) is 175 Å². The summed E-state index contributed by atoms with van der Waals surface area (Å²) in [5.74, 6) is 1.09. The van der Waals surface area contributed by atoms with Gasteiger partial charge in [-0.3, -0.25) is 9.59 Å². The van der Waals surface area contributed by atoms with E-state index < -0.39 is 24.3 Å². The van der Waals surface area contributed by atoms with Gasteiger partial charge in [0.1, 0.15) is 23.7 Å². The largest absolute Gasteiger partial charge is 0.453 e. The predicted octanol–water partition coefficient (Wildman–Crippen LogP) is 7.44. The van der Waals surface area contributed by atoms with E-state index in [1.807, 2.05) is 39.8 Å². The number of fused-ring (bicyclic) bond motifs is 1. The Labute approximate surface area is 356 Å². The third-order valence-electron chi connectivity index (χ3n) is 11.1. The molecule has 1 saturated carbocycles. The molecule has 3 aromatic carbocycles. The van der Waals surface area contributed by atoms with Gasteiger partial charge in [-0.1, -0.05) is 83.1 Å². The first-order valence-corrected chi connectivity index (χ1v) is 20.9. The maximum atomic E-state index is 13.8. The van der Waals surface area contributed by atoms with Gasteiger partial charge in [-0.25, -0.2) is 19.6 Å². The van der Waals surface area contributed by atoms with Gasteiger partial charge in [-0.2, -0.15) is 12.6 Å². The number of aromatic amines is 2. The minimum Gasteiger partial charge on any atom is -0.453 e. The Hall–Kier alpha value is -5.83. The zero-order valence-corrected chi connectivity index (χ0v) is 36.3. The zero-order chi connectivity index (χ0) is 43.1. The van der Waals surface area contributed by atoms with Gasteiger partial charge in [0.15, 0.2) is 0 Å². The SMILES string of the molecule is COC(=O)NC(C(=O)N(CCS)Cc1ncc(-c2ccc(-c3ccc4cc(-c5cnc(CN(CC6(C)CC6)C(=O)C(NC(=O)OC)C(C)C)[nH]5)ccc4c3)cc2)[nH]1)C(C)C. The van der Waals surface area contributed by atoms with Crippen molar-refractivity contribution in [1.29, 1.82) is 0 Å². The number of nitrogens with zero attached hydrogens (tertiary/aromatic N) is 4. The summed E-state index contributed by atoms with van der Waals surface area (Å²) in [6.07, 6.45) is 4.38. The van der Waals surface area contributed by atoms with Crippen LogP contribution in [0.5, 0.6) is 0 Å². The lowest BCUT2D eigenvalue weighted by Crippen LogP contribution is -2.52. The first-order chi connectivity index (χ1) is 28.7. The summed E-state index contributed by atoms with van der Waals surface area (Å²) >= 11 is 4.35. The number of alkyl carbamates (subject to hydrolysis) is 2. The number of carbonyl (C=O) groups excluding carboxylic acids is 4. The lowest BCUT2D eigenvalue weighted by atomic mass is 9.98. The van der Waals surface area contributed by atoms with E-state index >= 15 is 0 Å². The highest BCUT2D eigenvalue weighted by molar-refractivity contribution is 7.80. The Kier molecular flexibility index (Phi) is 13.9. The fourth-order valence-electron chi connectivity index (χ4n) is 7.20. The van der Waals surface area contributed by atoms with Crippen LogP contribution in [-0.2, 0) is 32.2 Å². The van der Waals surface area contributed by atoms with Crippen LogP contribution in [0.2, 0.25) is 0 Å². The van der Waals surface area contributed by atoms with Gasteiger partial charge in [0.25, 0.3) is 0 Å². The number of hydrogen-bond acceptors (Lipinski definition) is 9. The smallest absolute Gasteiger partial charge is 0.407 e. The molecule has 0 spiro atoms. The number of imidazole rings is 2. The third-order valence-corrected chi connectivity index (χ3v) is 11.3. The molecule has 318 valence electrons. The number of amides is 4. The van der Waals surface area contributed by atoms with E-state index in [4.69, 9.17) is 9.47 Å². The molecular weight excluding hydrogens is 781 g/mol. The summed E-state index contributed by atoms with van der Waals surface area (Å²) in [5.41, 5.74) is 5.80. The molecule has 1 aliphatic rings. The molecule has 6 rings (SSSR count). The molecule has 2 aromatic heterocycles. The van der Waals surface area contributed by atoms with Crippen LogP contribution in [0, 0.1) is 17.3 Å². The summed E-state index contributed by atoms with van der Waals surface area (Å²) < 4.78 is 9.53. The molecule has 2 atom stereocenters. The molecule has 4 amide bonds. The van der Waals surface area contributed by atoms with Gasteiger partial charge >= 0.3 is 12.2 Å². The maximum Gasteiger partial charge on any atom is 0.407 e. The summed E-state index contributed by atoms with van der Waals surface area (Å²) in [5, 5.41) is 7.54. The van der Waals surface area contributed by atoms with Crippen LogP contribution < -0.4 is 10.6 Å². The van der Waals surface area contributed by atoms with Crippen LogP contribution in [0.4, 0.5) is 9.59 Å². The molecule has 1 aliphatic carbocycles. The zero-order valence-electron chi connectivity index (χ0n) is 35.4. The fraction of sp³-hybridized carbons (Fsp3) is 0.422. The molecule has 4 N–H and O–H groups in total. The van der Waals surface area contributed by atoms with Crippen molar-refractivity contribution in [3.05, 3.63) is 84.7 Å². The van der Waals surface area contributed by atoms with E-state index in [1.54, 1.807) is 22.2 Å². The van der Waals surface area contributed by atoms with Crippen molar-refractivity contribution < 1.29 is 28.7 Å². The molecule has 1 fully saturated rings. The number of carbonyl (C=O) groups is 4. The Balaban J connectivity index is 1.12. The van der Waals surface area contributed by atoms with Gasteiger partial charge < -0.3 is 39.9 Å². The highest BCUT2D eigenvalue weighted by Gasteiger charge is 2.42. The van der Waals surface area contributed by atoms with Crippen LogP contribution >= 0.6 is 12.6 Å². The number of H-pyrrole nitrogens is 2. The monoisotopic (exact) mass is 836 g/mol. The minimum atomic E-state index is -0.744. The van der Waals surface area contributed by atoms with Crippen LogP contribution in [-0.4, -0.2) is 98.9 Å². The number of nitrogens with one attached hydrogen (secondary N) is 4. The molecule has 0 aliphatic heterocycles. The van der Waals surface area contributed by atoms with Crippen molar-refractivity contribution in [3.63, 3.8) is 0 Å². The van der Waals surface area contributed by atoms with Gasteiger partial charge in [-0.05, 0) is 69.7 Å². The van der Waals surface area contributed by atoms with E-state index in [0.29, 0.717) is 37.0 Å². The highest BCUT2D eigenvalue weighted by Crippen LogP contribution is 2.46. The molecule has 14 nitrogen and oxygen atoms in total. The number of hydrogen-bond donors (Lipinski definition) is 5. The van der Waals surface area contributed by atoms with Crippen molar-refractivity contribution in [2.24, 2.45) is 17.3 Å². The maximum absolute atomic E-state index is 13.8. The molecule has 2 unspecified atom stereocenters. The highest BCUT2D eigenvalue weighted by atomic mass is 32.1. The second-order valence-electron chi connectivity index (χ2n) is 16.5. The van der Waals surface area contributed by atoms with E-state index in [-0.39, 0.29) is 35.6 Å². The average molecular weight is 837 g/mol. The molecule has 5 aromatic rings. The summed E-state index contributed by atoms with van der Waals surface area (Å²) in [4.78, 5) is 70.7. The summed E-state index contributed by atoms with van der Waals surface area (Å²) in [6.45, 7) is 11.2. The van der Waals surface area contributed by atoms with Crippen LogP contribution in [0.25, 0.3) is 44.4 Å². The number of methoxy groups -OCH3 is 2. The van der Waals surface area contributed by atoms with Gasteiger partial charge in [-0.15, -0.1) is 0 Å².